The third-order valence-corrected chi connectivity index (χ3v) is 13.9. The molecule has 4 aromatic carbocycles. The van der Waals surface area contributed by atoms with E-state index in [1.807, 2.05) is 55.4 Å². The van der Waals surface area contributed by atoms with Crippen molar-refractivity contribution in [2.75, 3.05) is 36.8 Å². The second-order valence-electron chi connectivity index (χ2n) is 17.6. The van der Waals surface area contributed by atoms with Crippen molar-refractivity contribution in [3.63, 3.8) is 0 Å². The van der Waals surface area contributed by atoms with Gasteiger partial charge in [-0.2, -0.15) is 0 Å². The lowest BCUT2D eigenvalue weighted by atomic mass is 9.87. The van der Waals surface area contributed by atoms with Gasteiger partial charge in [-0.1, -0.05) is 89.0 Å². The lowest BCUT2D eigenvalue weighted by Gasteiger charge is -2.30. The third-order valence-electron chi connectivity index (χ3n) is 10.6. The van der Waals surface area contributed by atoms with Gasteiger partial charge in [0.05, 0.1) is 40.4 Å². The molecule has 12 nitrogen and oxygen atoms in total. The largest absolute Gasteiger partial charge is 0.340 e. The van der Waals surface area contributed by atoms with Crippen molar-refractivity contribution in [3.05, 3.63) is 177 Å². The van der Waals surface area contributed by atoms with Crippen molar-refractivity contribution < 1.29 is 36.2 Å². The molecule has 1 saturated heterocycles. The molecule has 0 spiro atoms. The summed E-state index contributed by atoms with van der Waals surface area (Å²) in [5, 5.41) is 10.6. The number of aromatic nitrogens is 2. The third kappa shape index (κ3) is 11.2. The van der Waals surface area contributed by atoms with Gasteiger partial charge < -0.3 is 9.47 Å². The van der Waals surface area contributed by atoms with Gasteiger partial charge in [0.2, 0.25) is 18.2 Å². The Morgan fingerprint density at radius 2 is 1.12 bits per heavy atom. The second kappa shape index (κ2) is 19.2. The molecule has 3 heterocycles. The molecule has 2 aromatic heterocycles. The average Bonchev–Trinajstić information content (AvgIpc) is 3.74. The minimum atomic E-state index is -3.90. The maximum absolute atomic E-state index is 13.2. The van der Waals surface area contributed by atoms with Crippen molar-refractivity contribution >= 4 is 54.6 Å². The molecule has 1 aliphatic rings. The summed E-state index contributed by atoms with van der Waals surface area (Å²) in [5.41, 5.74) is 5.47. The number of halogens is 2. The summed E-state index contributed by atoms with van der Waals surface area (Å²) >= 11 is 12.6. The number of benzene rings is 4. The molecular weight excluding hydrogens is 894 g/mol. The molecule has 0 aliphatic carbocycles. The molecule has 0 amide bonds. The smallest absolute Gasteiger partial charge is 0.261 e. The number of nitrogens with one attached hydrogen (secondary N) is 2. The minimum Gasteiger partial charge on any atom is -0.340 e. The molecule has 64 heavy (non-hydrogen) atoms. The fourth-order valence-corrected chi connectivity index (χ4v) is 9.76. The normalized spacial score (nSPS) is 14.7. The maximum atomic E-state index is 13.2. The van der Waals surface area contributed by atoms with Gasteiger partial charge in [-0.15, -0.1) is 0 Å². The zero-order chi connectivity index (χ0) is 46.7. The first-order chi connectivity index (χ1) is 30.0. The number of pyridine rings is 2. The summed E-state index contributed by atoms with van der Waals surface area (Å²) in [4.78, 5) is 6.45. The zero-order valence-electron chi connectivity index (χ0n) is 37.0. The first-order valence-electron chi connectivity index (χ1n) is 20.4. The Morgan fingerprint density at radius 3 is 1.59 bits per heavy atom. The van der Waals surface area contributed by atoms with Gasteiger partial charge in [0.1, 0.15) is 0 Å². The summed E-state index contributed by atoms with van der Waals surface area (Å²) in [6.45, 7) is 13.1. The van der Waals surface area contributed by atoms with E-state index in [0.29, 0.717) is 40.1 Å². The van der Waals surface area contributed by atoms with E-state index in [1.54, 1.807) is 85.2 Å². The lowest BCUT2D eigenvalue weighted by Crippen LogP contribution is -2.34. The molecule has 6 aromatic rings. The standard InChI is InChI=1S/C24H28ClN3O2S.C24H26ClN2O5S/c1-24(2,3)18-6-9-20(10-7-18)31(29,30)27-22-11-8-19(25)16-21(22)23(28(4)5)17-12-14-26-15-13-17;1-23(2,3)17-4-7-20(8-5-17)33(29,30)26-22-9-6-19(25)16-21(22)24(31-14-15-32-24)18-10-12-27(28)13-11-18/h6-16,23,27H,1-5H3;4-13,16,26,28H,14-15H2,1-3H3/q;+1. The highest BCUT2D eigenvalue weighted by atomic mass is 35.5. The highest BCUT2D eigenvalue weighted by Gasteiger charge is 2.44. The quantitative estimate of drug-likeness (QED) is 0.0852. The molecule has 16 heteroatoms. The molecule has 0 saturated carbocycles. The van der Waals surface area contributed by atoms with Gasteiger partial charge in [-0.25, -0.2) is 16.8 Å². The first-order valence-corrected chi connectivity index (χ1v) is 24.1. The predicted molar refractivity (Wildman–Crippen MR) is 251 cm³/mol. The van der Waals surface area contributed by atoms with E-state index in [9.17, 15) is 22.0 Å². The van der Waals surface area contributed by atoms with E-state index in [1.165, 1.54) is 12.4 Å². The number of sulfonamides is 2. The van der Waals surface area contributed by atoms with E-state index in [2.05, 4.69) is 56.0 Å². The first kappa shape index (κ1) is 48.4. The summed E-state index contributed by atoms with van der Waals surface area (Å²) in [6.07, 6.45) is 6.31. The molecule has 0 bridgehead atoms. The number of nitrogens with zero attached hydrogens (tertiary/aromatic N) is 3. The minimum absolute atomic E-state index is 0.0530. The van der Waals surface area contributed by atoms with Crippen LogP contribution in [-0.2, 0) is 46.1 Å². The Labute approximate surface area is 386 Å². The summed E-state index contributed by atoms with van der Waals surface area (Å²) in [6, 6.07) is 30.7. The number of hydrogen-bond donors (Lipinski definition) is 3. The van der Waals surface area contributed by atoms with Crippen LogP contribution in [0.2, 0.25) is 10.0 Å². The summed E-state index contributed by atoms with van der Waals surface area (Å²) < 4.78 is 71.2. The summed E-state index contributed by atoms with van der Waals surface area (Å²) in [5.74, 6) is -1.38. The molecule has 3 N–H and O–H groups in total. The molecule has 7 rings (SSSR count). The molecule has 1 unspecified atom stereocenters. The molecular formula is C48H54Cl2N5O7S2+. The Morgan fingerprint density at radius 1 is 0.672 bits per heavy atom. The number of ether oxygens (including phenoxy) is 2. The molecule has 1 aliphatic heterocycles. The van der Waals surface area contributed by atoms with E-state index in [-0.39, 0.29) is 32.4 Å². The Kier molecular flexibility index (Phi) is 14.5. The van der Waals surface area contributed by atoms with Crippen molar-refractivity contribution in [1.82, 2.24) is 9.88 Å². The van der Waals surface area contributed by atoms with Crippen molar-refractivity contribution in [3.8, 4) is 0 Å². The van der Waals surface area contributed by atoms with Gasteiger partial charge in [-0.3, -0.25) is 24.5 Å². The van der Waals surface area contributed by atoms with Crippen LogP contribution in [0, 0.1) is 0 Å². The van der Waals surface area contributed by atoms with Crippen LogP contribution in [0.5, 0.6) is 0 Å². The van der Waals surface area contributed by atoms with Crippen LogP contribution in [-0.4, -0.2) is 59.2 Å². The van der Waals surface area contributed by atoms with Crippen molar-refractivity contribution in [1.29, 1.82) is 0 Å². The second-order valence-corrected chi connectivity index (χ2v) is 21.8. The monoisotopic (exact) mass is 946 g/mol. The number of rotatable bonds is 11. The van der Waals surface area contributed by atoms with Crippen LogP contribution in [0.25, 0.3) is 0 Å². The number of anilines is 2. The van der Waals surface area contributed by atoms with E-state index < -0.39 is 25.8 Å². The van der Waals surface area contributed by atoms with Crippen LogP contribution < -0.4 is 14.2 Å². The average molecular weight is 948 g/mol. The fourth-order valence-electron chi connectivity index (χ4n) is 7.24. The molecule has 338 valence electrons. The van der Waals surface area contributed by atoms with Crippen LogP contribution in [0.4, 0.5) is 11.4 Å². The van der Waals surface area contributed by atoms with Crippen molar-refractivity contribution in [2.45, 2.75) is 74.0 Å². The van der Waals surface area contributed by atoms with Crippen LogP contribution in [0.3, 0.4) is 0 Å². The fraction of sp³-hybridized carbons (Fsp3) is 0.292. The molecule has 0 radical (unpaired) electrons. The highest BCUT2D eigenvalue weighted by molar-refractivity contribution is 7.93. The summed E-state index contributed by atoms with van der Waals surface area (Å²) in [7, 11) is -3.80. The lowest BCUT2D eigenvalue weighted by molar-refractivity contribution is -0.904. The Balaban J connectivity index is 0.000000213. The number of hydrogen-bond acceptors (Lipinski definition) is 9. The van der Waals surface area contributed by atoms with E-state index in [0.717, 1.165) is 27.0 Å². The Bertz CT molecular complexity index is 2770. The molecule has 1 fully saturated rings. The van der Waals surface area contributed by atoms with Gasteiger partial charge in [0.15, 0.2) is 0 Å². The van der Waals surface area contributed by atoms with Crippen LogP contribution >= 0.6 is 23.2 Å². The van der Waals surface area contributed by atoms with Crippen LogP contribution in [0.15, 0.2) is 144 Å². The maximum Gasteiger partial charge on any atom is 0.261 e. The molecule has 1 atom stereocenters. The van der Waals surface area contributed by atoms with E-state index in [4.69, 9.17) is 32.7 Å². The van der Waals surface area contributed by atoms with E-state index >= 15 is 0 Å². The van der Waals surface area contributed by atoms with Gasteiger partial charge in [0, 0.05) is 50.4 Å². The topological polar surface area (TPSA) is 151 Å². The highest BCUT2D eigenvalue weighted by Crippen LogP contribution is 2.43. The predicted octanol–water partition coefficient (Wildman–Crippen LogP) is 9.70. The van der Waals surface area contributed by atoms with Gasteiger partial charge in [0.25, 0.3) is 20.0 Å². The zero-order valence-corrected chi connectivity index (χ0v) is 40.1. The SMILES string of the molecule is CC(C)(C)c1ccc(S(=O)(=O)Nc2ccc(Cl)cc2C2(c3cc[n+](O)cc3)OCCO2)cc1.CN(C)C(c1ccncc1)c1cc(Cl)ccc1NS(=O)(=O)c1ccc(C(C)(C)C)cc1. The van der Waals surface area contributed by atoms with Crippen molar-refractivity contribution in [2.24, 2.45) is 0 Å². The van der Waals surface area contributed by atoms with Crippen LogP contribution in [0.1, 0.15) is 81.0 Å². The van der Waals surface area contributed by atoms with Gasteiger partial charge in [-0.05, 0) is 120 Å². The van der Waals surface area contributed by atoms with Gasteiger partial charge >= 0.3 is 0 Å². The Hall–Kier alpha value is -5.06.